The van der Waals surface area contributed by atoms with Gasteiger partial charge in [0.1, 0.15) is 5.76 Å². The minimum atomic E-state index is -0.00758. The molecule has 0 unspecified atom stereocenters. The summed E-state index contributed by atoms with van der Waals surface area (Å²) in [7, 11) is 0. The van der Waals surface area contributed by atoms with Gasteiger partial charge in [-0.1, -0.05) is 6.92 Å². The highest BCUT2D eigenvalue weighted by Crippen LogP contribution is 2.12. The molecule has 3 nitrogen and oxygen atoms in total. The lowest BCUT2D eigenvalue weighted by atomic mass is 10.1. The predicted molar refractivity (Wildman–Crippen MR) is 60.7 cm³/mol. The van der Waals surface area contributed by atoms with Crippen molar-refractivity contribution in [3.8, 4) is 0 Å². The van der Waals surface area contributed by atoms with Crippen LogP contribution < -0.4 is 5.32 Å². The molecule has 0 aliphatic rings. The fraction of sp³-hybridized carbons (Fsp3) is 0.667. The van der Waals surface area contributed by atoms with Gasteiger partial charge in [0.15, 0.2) is 0 Å². The van der Waals surface area contributed by atoms with E-state index in [1.165, 1.54) is 0 Å². The van der Waals surface area contributed by atoms with E-state index in [2.05, 4.69) is 26.1 Å². The van der Waals surface area contributed by atoms with Crippen molar-refractivity contribution in [1.82, 2.24) is 5.32 Å². The molecule has 0 aromatic carbocycles. The van der Waals surface area contributed by atoms with Gasteiger partial charge in [-0.05, 0) is 32.4 Å². The Morgan fingerprint density at radius 1 is 1.47 bits per heavy atom. The Kier molecular flexibility index (Phi) is 4.85. The molecule has 1 rings (SSSR count). The molecule has 86 valence electrons. The van der Waals surface area contributed by atoms with Crippen LogP contribution in [0, 0.1) is 0 Å². The largest absolute Gasteiger partial charge is 0.468 e. The molecule has 1 N–H and O–H groups in total. The fourth-order valence-electron chi connectivity index (χ4n) is 1.13. The van der Waals surface area contributed by atoms with E-state index in [1.807, 2.05) is 12.1 Å². The predicted octanol–water partition coefficient (Wildman–Crippen LogP) is 2.57. The van der Waals surface area contributed by atoms with Gasteiger partial charge in [-0.25, -0.2) is 0 Å². The molecule has 0 atom stereocenters. The number of furan rings is 1. The van der Waals surface area contributed by atoms with Crippen molar-refractivity contribution in [3.63, 3.8) is 0 Å². The second-order valence-corrected chi connectivity index (χ2v) is 4.22. The molecule has 3 heteroatoms. The van der Waals surface area contributed by atoms with Gasteiger partial charge in [-0.3, -0.25) is 0 Å². The SMILES string of the molecule is CCC(C)(C)OCCNCc1ccco1. The van der Waals surface area contributed by atoms with Crippen LogP contribution in [-0.4, -0.2) is 18.8 Å². The Bertz CT molecular complexity index is 255. The molecule has 0 fully saturated rings. The first-order valence-corrected chi connectivity index (χ1v) is 5.51. The summed E-state index contributed by atoms with van der Waals surface area (Å²) in [6, 6.07) is 3.86. The molecule has 0 radical (unpaired) electrons. The van der Waals surface area contributed by atoms with Gasteiger partial charge in [-0.2, -0.15) is 0 Å². The van der Waals surface area contributed by atoms with Gasteiger partial charge < -0.3 is 14.5 Å². The molecule has 0 aliphatic carbocycles. The summed E-state index contributed by atoms with van der Waals surface area (Å²) in [5.74, 6) is 0.963. The maximum Gasteiger partial charge on any atom is 0.117 e. The van der Waals surface area contributed by atoms with Gasteiger partial charge >= 0.3 is 0 Å². The van der Waals surface area contributed by atoms with Crippen molar-refractivity contribution in [2.45, 2.75) is 39.3 Å². The van der Waals surface area contributed by atoms with E-state index < -0.39 is 0 Å². The Hall–Kier alpha value is -0.800. The average Bonchev–Trinajstić information content (AvgIpc) is 2.70. The lowest BCUT2D eigenvalue weighted by molar-refractivity contribution is -0.0181. The Morgan fingerprint density at radius 2 is 2.27 bits per heavy atom. The molecule has 1 aromatic heterocycles. The Balaban J connectivity index is 2.03. The van der Waals surface area contributed by atoms with Crippen LogP contribution in [0.5, 0.6) is 0 Å². The zero-order valence-corrected chi connectivity index (χ0v) is 9.88. The number of rotatable bonds is 7. The minimum Gasteiger partial charge on any atom is -0.468 e. The van der Waals surface area contributed by atoms with Crippen LogP contribution in [0.4, 0.5) is 0 Å². The molecule has 0 spiro atoms. The van der Waals surface area contributed by atoms with E-state index in [4.69, 9.17) is 9.15 Å². The third-order valence-corrected chi connectivity index (χ3v) is 2.50. The Labute approximate surface area is 91.8 Å². The monoisotopic (exact) mass is 211 g/mol. The van der Waals surface area contributed by atoms with Crippen molar-refractivity contribution >= 4 is 0 Å². The molecule has 0 bridgehead atoms. The minimum absolute atomic E-state index is 0.00758. The smallest absolute Gasteiger partial charge is 0.117 e. The van der Waals surface area contributed by atoms with Crippen molar-refractivity contribution in [3.05, 3.63) is 24.2 Å². The summed E-state index contributed by atoms with van der Waals surface area (Å²) in [4.78, 5) is 0. The number of hydrogen-bond donors (Lipinski definition) is 1. The summed E-state index contributed by atoms with van der Waals surface area (Å²) in [6.07, 6.45) is 2.72. The quantitative estimate of drug-likeness (QED) is 0.704. The summed E-state index contributed by atoms with van der Waals surface area (Å²) >= 11 is 0. The Morgan fingerprint density at radius 3 is 2.87 bits per heavy atom. The average molecular weight is 211 g/mol. The zero-order valence-electron chi connectivity index (χ0n) is 9.88. The van der Waals surface area contributed by atoms with Crippen molar-refractivity contribution in [1.29, 1.82) is 0 Å². The van der Waals surface area contributed by atoms with Gasteiger partial charge in [-0.15, -0.1) is 0 Å². The molecule has 0 aliphatic heterocycles. The van der Waals surface area contributed by atoms with Gasteiger partial charge in [0.25, 0.3) is 0 Å². The summed E-state index contributed by atoms with van der Waals surface area (Å²) < 4.78 is 10.9. The van der Waals surface area contributed by atoms with E-state index in [-0.39, 0.29) is 5.60 Å². The summed E-state index contributed by atoms with van der Waals surface area (Å²) in [5.41, 5.74) is -0.00758. The van der Waals surface area contributed by atoms with Crippen LogP contribution in [0.3, 0.4) is 0 Å². The first kappa shape index (κ1) is 12.3. The van der Waals surface area contributed by atoms with E-state index in [0.29, 0.717) is 0 Å². The molecule has 0 amide bonds. The van der Waals surface area contributed by atoms with E-state index in [9.17, 15) is 0 Å². The molecule has 0 saturated carbocycles. The van der Waals surface area contributed by atoms with Crippen molar-refractivity contribution < 1.29 is 9.15 Å². The van der Waals surface area contributed by atoms with Crippen LogP contribution in [0.25, 0.3) is 0 Å². The maximum atomic E-state index is 5.70. The normalized spacial score (nSPS) is 11.9. The lowest BCUT2D eigenvalue weighted by Crippen LogP contribution is -2.28. The molecule has 1 heterocycles. The van der Waals surface area contributed by atoms with Crippen LogP contribution in [-0.2, 0) is 11.3 Å². The highest BCUT2D eigenvalue weighted by Gasteiger charge is 2.14. The van der Waals surface area contributed by atoms with Crippen molar-refractivity contribution in [2.75, 3.05) is 13.2 Å². The van der Waals surface area contributed by atoms with Crippen LogP contribution in [0.15, 0.2) is 22.8 Å². The highest BCUT2D eigenvalue weighted by molar-refractivity contribution is 4.97. The standard InChI is InChI=1S/C12H21NO2/c1-4-12(2,3)15-9-7-13-10-11-6-5-8-14-11/h5-6,8,13H,4,7,9-10H2,1-3H3. The number of ether oxygens (including phenoxy) is 1. The van der Waals surface area contributed by atoms with Gasteiger partial charge in [0.2, 0.25) is 0 Å². The van der Waals surface area contributed by atoms with Gasteiger partial charge in [0.05, 0.1) is 25.0 Å². The number of hydrogen-bond acceptors (Lipinski definition) is 3. The van der Waals surface area contributed by atoms with Crippen LogP contribution >= 0.6 is 0 Å². The molecular weight excluding hydrogens is 190 g/mol. The lowest BCUT2D eigenvalue weighted by Gasteiger charge is -2.23. The summed E-state index contributed by atoms with van der Waals surface area (Å²) in [6.45, 7) is 8.71. The maximum absolute atomic E-state index is 5.70. The first-order chi connectivity index (χ1) is 7.14. The van der Waals surface area contributed by atoms with Crippen LogP contribution in [0.1, 0.15) is 33.0 Å². The fourth-order valence-corrected chi connectivity index (χ4v) is 1.13. The number of nitrogens with one attached hydrogen (secondary N) is 1. The van der Waals surface area contributed by atoms with E-state index >= 15 is 0 Å². The third-order valence-electron chi connectivity index (χ3n) is 2.50. The summed E-state index contributed by atoms with van der Waals surface area (Å²) in [5, 5.41) is 3.27. The second kappa shape index (κ2) is 5.93. The molecular formula is C12H21NO2. The molecule has 15 heavy (non-hydrogen) atoms. The second-order valence-electron chi connectivity index (χ2n) is 4.22. The van der Waals surface area contributed by atoms with Gasteiger partial charge in [0, 0.05) is 6.54 Å². The highest BCUT2D eigenvalue weighted by atomic mass is 16.5. The van der Waals surface area contributed by atoms with Crippen molar-refractivity contribution in [2.24, 2.45) is 0 Å². The van der Waals surface area contributed by atoms with Crippen LogP contribution in [0.2, 0.25) is 0 Å². The molecule has 1 aromatic rings. The zero-order chi connectivity index (χ0) is 11.1. The molecule has 0 saturated heterocycles. The topological polar surface area (TPSA) is 34.4 Å². The third kappa shape index (κ3) is 5.00. The first-order valence-electron chi connectivity index (χ1n) is 5.51. The van der Waals surface area contributed by atoms with E-state index in [0.717, 1.165) is 31.9 Å². The van der Waals surface area contributed by atoms with E-state index in [1.54, 1.807) is 6.26 Å².